The third-order valence-corrected chi connectivity index (χ3v) is 10.2. The summed E-state index contributed by atoms with van der Waals surface area (Å²) in [5.41, 5.74) is 15.6. The van der Waals surface area contributed by atoms with Gasteiger partial charge in [0.25, 0.3) is 0 Å². The van der Waals surface area contributed by atoms with Gasteiger partial charge in [-0.15, -0.1) is 24.8 Å². The van der Waals surface area contributed by atoms with Gasteiger partial charge in [-0.05, 0) is 140 Å². The summed E-state index contributed by atoms with van der Waals surface area (Å²) in [5, 5.41) is 0. The SMILES string of the molecule is Cc1cc(-c2cncc(CN3CCC(N(Cc4cccc(-c5cc(C)c(C)c(C)c5)c4)c4ccc(F)c(F)c4)CC3)c2)cc(C)c1C.Cl.Cl. The summed E-state index contributed by atoms with van der Waals surface area (Å²) in [6.45, 7) is 16.3. The van der Waals surface area contributed by atoms with Gasteiger partial charge in [-0.2, -0.15) is 0 Å². The number of anilines is 1. The molecule has 4 aromatic carbocycles. The molecule has 0 radical (unpaired) electrons. The van der Waals surface area contributed by atoms with E-state index in [0.29, 0.717) is 6.54 Å². The van der Waals surface area contributed by atoms with Gasteiger partial charge in [0.2, 0.25) is 0 Å². The summed E-state index contributed by atoms with van der Waals surface area (Å²) in [7, 11) is 0. The third kappa shape index (κ3) is 8.70. The molecule has 0 aliphatic carbocycles. The van der Waals surface area contributed by atoms with E-state index in [2.05, 4.69) is 111 Å². The molecule has 7 heteroatoms. The monoisotopic (exact) mass is 701 g/mol. The average Bonchev–Trinajstić information content (AvgIpc) is 3.06. The van der Waals surface area contributed by atoms with Crippen LogP contribution >= 0.6 is 24.8 Å². The lowest BCUT2D eigenvalue weighted by atomic mass is 9.95. The van der Waals surface area contributed by atoms with Crippen molar-refractivity contribution in [3.8, 4) is 22.3 Å². The highest BCUT2D eigenvalue weighted by Crippen LogP contribution is 2.31. The van der Waals surface area contributed by atoms with Crippen molar-refractivity contribution < 1.29 is 8.78 Å². The number of piperidine rings is 1. The van der Waals surface area contributed by atoms with Crippen molar-refractivity contribution in [1.82, 2.24) is 9.88 Å². The fraction of sp³-hybridized carbons (Fsp3) is 0.310. The van der Waals surface area contributed by atoms with E-state index in [9.17, 15) is 8.78 Å². The minimum atomic E-state index is -0.817. The summed E-state index contributed by atoms with van der Waals surface area (Å²) in [6, 6.07) is 24.4. The van der Waals surface area contributed by atoms with Gasteiger partial charge >= 0.3 is 0 Å². The Morgan fingerprint density at radius 2 is 1.20 bits per heavy atom. The van der Waals surface area contributed by atoms with Crippen LogP contribution in [0.15, 0.2) is 85.2 Å². The van der Waals surface area contributed by atoms with Gasteiger partial charge in [-0.25, -0.2) is 8.78 Å². The molecule has 3 nitrogen and oxygen atoms in total. The number of hydrogen-bond donors (Lipinski definition) is 0. The van der Waals surface area contributed by atoms with Gasteiger partial charge < -0.3 is 4.90 Å². The van der Waals surface area contributed by atoms with Crippen molar-refractivity contribution in [2.45, 2.75) is 73.5 Å². The maximum Gasteiger partial charge on any atom is 0.160 e. The van der Waals surface area contributed by atoms with Crippen molar-refractivity contribution in [2.24, 2.45) is 0 Å². The highest BCUT2D eigenvalue weighted by molar-refractivity contribution is 5.85. The van der Waals surface area contributed by atoms with Crippen LogP contribution in [-0.4, -0.2) is 29.0 Å². The first-order valence-corrected chi connectivity index (χ1v) is 16.7. The predicted molar refractivity (Wildman–Crippen MR) is 205 cm³/mol. The number of aromatic nitrogens is 1. The molecular weight excluding hydrogens is 655 g/mol. The van der Waals surface area contributed by atoms with Crippen LogP contribution in [0, 0.1) is 53.2 Å². The molecule has 0 bridgehead atoms. The van der Waals surface area contributed by atoms with Crippen LogP contribution in [-0.2, 0) is 13.1 Å². The summed E-state index contributed by atoms with van der Waals surface area (Å²) < 4.78 is 28.6. The lowest BCUT2D eigenvalue weighted by Gasteiger charge is -2.40. The molecule has 0 unspecified atom stereocenters. The Morgan fingerprint density at radius 3 is 1.80 bits per heavy atom. The quantitative estimate of drug-likeness (QED) is 0.160. The second-order valence-corrected chi connectivity index (χ2v) is 13.5. The van der Waals surface area contributed by atoms with Crippen LogP contribution in [0.25, 0.3) is 22.3 Å². The normalized spacial score (nSPS) is 13.5. The summed E-state index contributed by atoms with van der Waals surface area (Å²) in [4.78, 5) is 9.35. The molecule has 0 spiro atoms. The molecule has 6 rings (SSSR count). The van der Waals surface area contributed by atoms with Crippen LogP contribution < -0.4 is 4.90 Å². The molecular formula is C42H47Cl2F2N3. The highest BCUT2D eigenvalue weighted by atomic mass is 35.5. The van der Waals surface area contributed by atoms with Gasteiger partial charge in [0.1, 0.15) is 0 Å². The maximum atomic E-state index is 14.5. The van der Waals surface area contributed by atoms with E-state index in [1.807, 2.05) is 12.4 Å². The van der Waals surface area contributed by atoms with Crippen molar-refractivity contribution in [2.75, 3.05) is 18.0 Å². The lowest BCUT2D eigenvalue weighted by molar-refractivity contribution is 0.200. The number of likely N-dealkylation sites (tertiary alicyclic amines) is 1. The average molecular weight is 703 g/mol. The second-order valence-electron chi connectivity index (χ2n) is 13.5. The minimum absolute atomic E-state index is 0. The Balaban J connectivity index is 0.00000270. The fourth-order valence-electron chi connectivity index (χ4n) is 6.92. The number of pyridine rings is 1. The molecule has 1 fully saturated rings. The molecule has 1 aliphatic heterocycles. The smallest absolute Gasteiger partial charge is 0.160 e. The first-order valence-electron chi connectivity index (χ1n) is 16.7. The molecule has 5 aromatic rings. The number of aryl methyl sites for hydroxylation is 4. The van der Waals surface area contributed by atoms with Gasteiger partial charge in [0.15, 0.2) is 11.6 Å². The summed E-state index contributed by atoms with van der Waals surface area (Å²) in [5.74, 6) is -1.63. The number of halogens is 4. The zero-order valence-electron chi connectivity index (χ0n) is 29.3. The van der Waals surface area contributed by atoms with E-state index < -0.39 is 11.6 Å². The molecule has 0 N–H and O–H groups in total. The van der Waals surface area contributed by atoms with E-state index in [1.54, 1.807) is 6.07 Å². The van der Waals surface area contributed by atoms with Gasteiger partial charge in [0, 0.05) is 61.9 Å². The van der Waals surface area contributed by atoms with Crippen LogP contribution in [0.1, 0.15) is 57.3 Å². The largest absolute Gasteiger partial charge is 0.364 e. The molecule has 0 amide bonds. The van der Waals surface area contributed by atoms with Crippen molar-refractivity contribution in [3.05, 3.63) is 141 Å². The van der Waals surface area contributed by atoms with Crippen molar-refractivity contribution in [1.29, 1.82) is 0 Å². The van der Waals surface area contributed by atoms with E-state index in [4.69, 9.17) is 0 Å². The first-order chi connectivity index (χ1) is 22.5. The van der Waals surface area contributed by atoms with Crippen LogP contribution in [0.3, 0.4) is 0 Å². The molecule has 1 aliphatic rings. The molecule has 0 saturated carbocycles. The molecule has 1 aromatic heterocycles. The van der Waals surface area contributed by atoms with Crippen LogP contribution in [0.5, 0.6) is 0 Å². The van der Waals surface area contributed by atoms with Crippen molar-refractivity contribution in [3.63, 3.8) is 0 Å². The minimum Gasteiger partial charge on any atom is -0.364 e. The molecule has 2 heterocycles. The summed E-state index contributed by atoms with van der Waals surface area (Å²) in [6.07, 6.45) is 5.78. The standard InChI is InChI=1S/C42H45F2N3.2ClH/c1-27-16-36(17-28(2)31(27)5)35-9-7-8-33(20-35)26-47(40-10-11-41(43)42(44)22-40)39-12-14-46(15-13-39)25-34-21-38(24-45-23-34)37-18-29(3)32(6)30(4)19-37;;/h7-11,16-24,39H,12-15,25-26H2,1-6H3;2*1H. The van der Waals surface area contributed by atoms with E-state index in [1.165, 1.54) is 67.8 Å². The van der Waals surface area contributed by atoms with Crippen LogP contribution in [0.2, 0.25) is 0 Å². The molecule has 1 saturated heterocycles. The maximum absolute atomic E-state index is 14.5. The number of benzene rings is 4. The Hall–Kier alpha value is -3.77. The fourth-order valence-corrected chi connectivity index (χ4v) is 6.92. The zero-order valence-corrected chi connectivity index (χ0v) is 30.9. The van der Waals surface area contributed by atoms with Crippen molar-refractivity contribution >= 4 is 30.5 Å². The topological polar surface area (TPSA) is 19.4 Å². The summed E-state index contributed by atoms with van der Waals surface area (Å²) >= 11 is 0. The first kappa shape index (κ1) is 38.0. The molecule has 258 valence electrons. The Bertz CT molecular complexity index is 1870. The number of hydrogen-bond acceptors (Lipinski definition) is 3. The van der Waals surface area contributed by atoms with Gasteiger partial charge in [0.05, 0.1) is 0 Å². The Morgan fingerprint density at radius 1 is 0.633 bits per heavy atom. The second kappa shape index (κ2) is 16.3. The third-order valence-electron chi connectivity index (χ3n) is 10.2. The van der Waals surface area contributed by atoms with Crippen LogP contribution in [0.4, 0.5) is 14.5 Å². The van der Waals surface area contributed by atoms with Gasteiger partial charge in [-0.3, -0.25) is 9.88 Å². The van der Waals surface area contributed by atoms with E-state index in [-0.39, 0.29) is 30.9 Å². The van der Waals surface area contributed by atoms with E-state index in [0.717, 1.165) is 49.3 Å². The molecule has 0 atom stereocenters. The Labute approximate surface area is 303 Å². The number of nitrogens with zero attached hydrogens (tertiary/aromatic N) is 3. The van der Waals surface area contributed by atoms with Gasteiger partial charge in [-0.1, -0.05) is 42.5 Å². The highest BCUT2D eigenvalue weighted by Gasteiger charge is 2.26. The Kier molecular flexibility index (Phi) is 12.6. The lowest BCUT2D eigenvalue weighted by Crippen LogP contribution is -2.44. The van der Waals surface area contributed by atoms with E-state index >= 15 is 0 Å². The number of rotatable bonds is 8. The predicted octanol–water partition coefficient (Wildman–Crippen LogP) is 11.1. The molecule has 49 heavy (non-hydrogen) atoms. The zero-order chi connectivity index (χ0) is 33.2.